The third-order valence-corrected chi connectivity index (χ3v) is 4.89. The molecule has 1 aromatic carbocycles. The van der Waals surface area contributed by atoms with Gasteiger partial charge in [0.1, 0.15) is 11.9 Å². The zero-order valence-electron chi connectivity index (χ0n) is 16.5. The van der Waals surface area contributed by atoms with E-state index in [1.54, 1.807) is 19.1 Å². The molecular formula is C19H27F2N5O3. The second-order valence-corrected chi connectivity index (χ2v) is 7.10. The van der Waals surface area contributed by atoms with Crippen LogP contribution in [-0.4, -0.2) is 75.6 Å². The van der Waals surface area contributed by atoms with Gasteiger partial charge in [-0.1, -0.05) is 0 Å². The number of nitrogens with zero attached hydrogens (tertiary/aromatic N) is 3. The fourth-order valence-corrected chi connectivity index (χ4v) is 3.40. The molecule has 2 aliphatic heterocycles. The van der Waals surface area contributed by atoms with Gasteiger partial charge >= 0.3 is 6.09 Å². The van der Waals surface area contributed by atoms with Crippen molar-refractivity contribution < 1.29 is 23.1 Å². The quantitative estimate of drug-likeness (QED) is 0.659. The molecule has 1 atom stereocenters. The number of carbonyl (C=O) groups excluding carboxylic acids is 2. The number of cyclic esters (lactones) is 1. The standard InChI is InChI=1S/C19H27F2N5O3/c1-14-13-25(19(28)29-14)15-3-4-17(16(21)11-15)24-8-7-23-26(10-9-24)18(27)12-22-6-2-5-20/h3-4,11,14,22-23H,2,5-10,12-13H2,1H3/t14-/m0/s1. The number of hydrogen-bond acceptors (Lipinski definition) is 6. The Hall–Kier alpha value is -2.46. The summed E-state index contributed by atoms with van der Waals surface area (Å²) in [5.41, 5.74) is 3.93. The number of ether oxygens (including phenoxy) is 1. The highest BCUT2D eigenvalue weighted by Gasteiger charge is 2.30. The Labute approximate surface area is 168 Å². The highest BCUT2D eigenvalue weighted by atomic mass is 19.1. The third kappa shape index (κ3) is 5.33. The minimum Gasteiger partial charge on any atom is -0.444 e. The molecule has 2 N–H and O–H groups in total. The molecule has 2 saturated heterocycles. The Kier molecular flexibility index (Phi) is 7.21. The van der Waals surface area contributed by atoms with E-state index >= 15 is 0 Å². The lowest BCUT2D eigenvalue weighted by Gasteiger charge is -2.24. The predicted molar refractivity (Wildman–Crippen MR) is 105 cm³/mol. The maximum atomic E-state index is 14.8. The van der Waals surface area contributed by atoms with E-state index in [1.807, 2.05) is 4.90 Å². The second-order valence-electron chi connectivity index (χ2n) is 7.10. The number of halogens is 2. The monoisotopic (exact) mass is 411 g/mol. The Morgan fingerprint density at radius 3 is 2.86 bits per heavy atom. The van der Waals surface area contributed by atoms with Gasteiger partial charge in [-0.2, -0.15) is 0 Å². The number of hydrazine groups is 1. The summed E-state index contributed by atoms with van der Waals surface area (Å²) in [6, 6.07) is 4.69. The van der Waals surface area contributed by atoms with Crippen molar-refractivity contribution in [2.45, 2.75) is 19.4 Å². The number of nitrogens with one attached hydrogen (secondary N) is 2. The van der Waals surface area contributed by atoms with Crippen LogP contribution in [0.3, 0.4) is 0 Å². The number of anilines is 2. The van der Waals surface area contributed by atoms with E-state index in [1.165, 1.54) is 16.0 Å². The Bertz CT molecular complexity index is 736. The van der Waals surface area contributed by atoms with E-state index in [9.17, 15) is 18.4 Å². The van der Waals surface area contributed by atoms with Crippen molar-refractivity contribution in [3.63, 3.8) is 0 Å². The fraction of sp³-hybridized carbons (Fsp3) is 0.579. The van der Waals surface area contributed by atoms with Gasteiger partial charge in [0.2, 0.25) is 0 Å². The minimum atomic E-state index is -0.474. The first-order valence-electron chi connectivity index (χ1n) is 9.83. The van der Waals surface area contributed by atoms with Gasteiger partial charge in [0.05, 0.1) is 37.7 Å². The van der Waals surface area contributed by atoms with Crippen LogP contribution in [0.25, 0.3) is 0 Å². The van der Waals surface area contributed by atoms with Crippen LogP contribution in [0.5, 0.6) is 0 Å². The lowest BCUT2D eigenvalue weighted by molar-refractivity contribution is -0.133. The van der Waals surface area contributed by atoms with E-state index in [0.717, 1.165) is 0 Å². The summed E-state index contributed by atoms with van der Waals surface area (Å²) in [6.07, 6.45) is -0.326. The topological polar surface area (TPSA) is 77.2 Å². The van der Waals surface area contributed by atoms with E-state index in [2.05, 4.69) is 10.7 Å². The number of rotatable bonds is 7. The largest absolute Gasteiger partial charge is 0.444 e. The van der Waals surface area contributed by atoms with Crippen LogP contribution in [0.15, 0.2) is 18.2 Å². The molecule has 2 fully saturated rings. The van der Waals surface area contributed by atoms with Gasteiger partial charge in [-0.05, 0) is 38.1 Å². The molecule has 0 saturated carbocycles. The fourth-order valence-electron chi connectivity index (χ4n) is 3.40. The Balaban J connectivity index is 1.58. The summed E-state index contributed by atoms with van der Waals surface area (Å²) in [4.78, 5) is 27.4. The van der Waals surface area contributed by atoms with Crippen molar-refractivity contribution in [1.29, 1.82) is 0 Å². The molecule has 0 spiro atoms. The summed E-state index contributed by atoms with van der Waals surface area (Å²) in [7, 11) is 0. The maximum Gasteiger partial charge on any atom is 0.414 e. The van der Waals surface area contributed by atoms with E-state index in [-0.39, 0.29) is 18.6 Å². The minimum absolute atomic E-state index is 0.125. The summed E-state index contributed by atoms with van der Waals surface area (Å²) in [6.45, 7) is 4.19. The molecule has 8 nitrogen and oxygen atoms in total. The molecule has 0 bridgehead atoms. The van der Waals surface area contributed by atoms with Crippen molar-refractivity contribution in [2.24, 2.45) is 0 Å². The van der Waals surface area contributed by atoms with Crippen LogP contribution in [0.2, 0.25) is 0 Å². The molecule has 29 heavy (non-hydrogen) atoms. The molecule has 2 heterocycles. The number of amides is 2. The van der Waals surface area contributed by atoms with Gasteiger partial charge in [0.25, 0.3) is 5.91 Å². The number of hydrogen-bond donors (Lipinski definition) is 2. The average molecular weight is 411 g/mol. The Morgan fingerprint density at radius 1 is 1.34 bits per heavy atom. The normalized spacial score (nSPS) is 20.0. The van der Waals surface area contributed by atoms with Crippen molar-refractivity contribution in [2.75, 3.05) is 62.3 Å². The van der Waals surface area contributed by atoms with Gasteiger partial charge in [-0.3, -0.25) is 19.1 Å². The molecule has 3 rings (SSSR count). The lowest BCUT2D eigenvalue weighted by atomic mass is 10.2. The summed E-state index contributed by atoms with van der Waals surface area (Å²) >= 11 is 0. The van der Waals surface area contributed by atoms with Crippen molar-refractivity contribution in [3.05, 3.63) is 24.0 Å². The summed E-state index contributed by atoms with van der Waals surface area (Å²) < 4.78 is 32.0. The van der Waals surface area contributed by atoms with Crippen LogP contribution >= 0.6 is 0 Å². The second kappa shape index (κ2) is 9.84. The van der Waals surface area contributed by atoms with Crippen LogP contribution in [0, 0.1) is 5.82 Å². The van der Waals surface area contributed by atoms with Gasteiger partial charge in [0, 0.05) is 19.6 Å². The molecule has 160 valence electrons. The van der Waals surface area contributed by atoms with E-state index in [4.69, 9.17) is 4.74 Å². The highest BCUT2D eigenvalue weighted by Crippen LogP contribution is 2.28. The number of carbonyl (C=O) groups is 2. The first-order chi connectivity index (χ1) is 14.0. The molecule has 0 unspecified atom stereocenters. The average Bonchev–Trinajstić information content (AvgIpc) is 2.89. The SMILES string of the molecule is C[C@H]1CN(c2ccc(N3CCNN(C(=O)CNCCCF)CC3)c(F)c2)C(=O)O1. The molecular weight excluding hydrogens is 384 g/mol. The number of alkyl halides is 1. The molecule has 0 aliphatic carbocycles. The van der Waals surface area contributed by atoms with Gasteiger partial charge in [0.15, 0.2) is 0 Å². The lowest BCUT2D eigenvalue weighted by Crippen LogP contribution is -2.47. The van der Waals surface area contributed by atoms with E-state index < -0.39 is 18.6 Å². The van der Waals surface area contributed by atoms with Crippen molar-refractivity contribution in [3.8, 4) is 0 Å². The van der Waals surface area contributed by atoms with Crippen LogP contribution in [0.4, 0.5) is 25.0 Å². The number of benzene rings is 1. The summed E-state index contributed by atoms with van der Waals surface area (Å²) in [5, 5.41) is 4.42. The van der Waals surface area contributed by atoms with Crippen LogP contribution in [0.1, 0.15) is 13.3 Å². The molecule has 0 radical (unpaired) electrons. The smallest absolute Gasteiger partial charge is 0.414 e. The van der Waals surface area contributed by atoms with Gasteiger partial charge < -0.3 is 15.0 Å². The van der Waals surface area contributed by atoms with E-state index in [0.29, 0.717) is 57.1 Å². The van der Waals surface area contributed by atoms with Crippen molar-refractivity contribution >= 4 is 23.4 Å². The highest BCUT2D eigenvalue weighted by molar-refractivity contribution is 5.90. The van der Waals surface area contributed by atoms with Crippen LogP contribution < -0.4 is 20.5 Å². The summed E-state index contributed by atoms with van der Waals surface area (Å²) in [5.74, 6) is -0.564. The molecule has 1 aromatic rings. The van der Waals surface area contributed by atoms with Gasteiger partial charge in [-0.15, -0.1) is 0 Å². The van der Waals surface area contributed by atoms with Gasteiger partial charge in [-0.25, -0.2) is 14.6 Å². The van der Waals surface area contributed by atoms with Crippen molar-refractivity contribution in [1.82, 2.24) is 15.8 Å². The first-order valence-corrected chi connectivity index (χ1v) is 9.83. The maximum absolute atomic E-state index is 14.8. The zero-order chi connectivity index (χ0) is 20.8. The molecule has 0 aromatic heterocycles. The Morgan fingerprint density at radius 2 is 2.17 bits per heavy atom. The first kappa shape index (κ1) is 21.3. The molecule has 2 aliphatic rings. The third-order valence-electron chi connectivity index (χ3n) is 4.89. The van der Waals surface area contributed by atoms with Crippen LogP contribution in [-0.2, 0) is 9.53 Å². The molecule has 2 amide bonds. The zero-order valence-corrected chi connectivity index (χ0v) is 16.5. The molecule has 10 heteroatoms. The predicted octanol–water partition coefficient (Wildman–Crippen LogP) is 1.27.